The number of carbonyl (C=O) groups excluding carboxylic acids is 1. The number of benzene rings is 2. The lowest BCUT2D eigenvalue weighted by Crippen LogP contribution is -2.48. The molecule has 0 bridgehead atoms. The third-order valence-electron chi connectivity index (χ3n) is 4.16. The molecule has 1 aliphatic rings. The number of para-hydroxylation sites is 1. The number of rotatable bonds is 4. The summed E-state index contributed by atoms with van der Waals surface area (Å²) in [5.41, 5.74) is 1.58. The van der Waals surface area contributed by atoms with E-state index in [0.29, 0.717) is 22.3 Å². The van der Waals surface area contributed by atoms with Crippen LogP contribution in [-0.2, 0) is 4.79 Å². The summed E-state index contributed by atoms with van der Waals surface area (Å²) in [6.07, 6.45) is 0. The molecule has 1 fully saturated rings. The fourth-order valence-corrected chi connectivity index (χ4v) is 3.45. The number of piperazine rings is 1. The summed E-state index contributed by atoms with van der Waals surface area (Å²) < 4.78 is 0. The molecule has 0 unspecified atom stereocenters. The van der Waals surface area contributed by atoms with E-state index in [4.69, 9.17) is 34.8 Å². The molecule has 1 amide bonds. The summed E-state index contributed by atoms with van der Waals surface area (Å²) >= 11 is 18.3. The molecule has 7 heteroatoms. The van der Waals surface area contributed by atoms with Gasteiger partial charge < -0.3 is 10.2 Å². The summed E-state index contributed by atoms with van der Waals surface area (Å²) in [6.45, 7) is 3.56. The van der Waals surface area contributed by atoms with Crippen molar-refractivity contribution in [3.05, 3.63) is 57.5 Å². The van der Waals surface area contributed by atoms with E-state index < -0.39 is 0 Å². The Hall–Kier alpha value is -1.46. The SMILES string of the molecule is O=C(CN1CCN(c2ccccc2Cl)CC1)Nc1cccc(Cl)c1Cl. The van der Waals surface area contributed by atoms with Gasteiger partial charge in [0.25, 0.3) is 0 Å². The van der Waals surface area contributed by atoms with E-state index in [0.717, 1.165) is 36.9 Å². The van der Waals surface area contributed by atoms with Gasteiger partial charge in [0.05, 0.1) is 33.0 Å². The number of anilines is 2. The molecule has 0 aliphatic carbocycles. The van der Waals surface area contributed by atoms with Crippen molar-refractivity contribution in [1.82, 2.24) is 4.90 Å². The van der Waals surface area contributed by atoms with Crippen molar-refractivity contribution in [3.8, 4) is 0 Å². The second-order valence-corrected chi connectivity index (χ2v) is 7.06. The predicted octanol–water partition coefficient (Wildman–Crippen LogP) is 4.41. The zero-order chi connectivity index (χ0) is 17.8. The molecule has 0 aromatic heterocycles. The summed E-state index contributed by atoms with van der Waals surface area (Å²) in [6, 6.07) is 13.0. The summed E-state index contributed by atoms with van der Waals surface area (Å²) in [4.78, 5) is 16.6. The number of amides is 1. The van der Waals surface area contributed by atoms with E-state index in [1.54, 1.807) is 18.2 Å². The Morgan fingerprint density at radius 1 is 0.920 bits per heavy atom. The molecule has 1 N–H and O–H groups in total. The van der Waals surface area contributed by atoms with Crippen LogP contribution in [0, 0.1) is 0 Å². The predicted molar refractivity (Wildman–Crippen MR) is 105 cm³/mol. The minimum atomic E-state index is -0.102. The summed E-state index contributed by atoms with van der Waals surface area (Å²) in [5, 5.41) is 4.36. The normalized spacial score (nSPS) is 15.2. The minimum absolute atomic E-state index is 0.102. The molecule has 132 valence electrons. The van der Waals surface area contributed by atoms with Crippen LogP contribution in [0.15, 0.2) is 42.5 Å². The van der Waals surface area contributed by atoms with Crippen LogP contribution in [-0.4, -0.2) is 43.5 Å². The molecule has 4 nitrogen and oxygen atoms in total. The van der Waals surface area contributed by atoms with E-state index in [2.05, 4.69) is 15.1 Å². The molecule has 25 heavy (non-hydrogen) atoms. The van der Waals surface area contributed by atoms with Crippen molar-refractivity contribution >= 4 is 52.1 Å². The van der Waals surface area contributed by atoms with Crippen LogP contribution in [0.2, 0.25) is 15.1 Å². The van der Waals surface area contributed by atoms with Crippen LogP contribution in [0.1, 0.15) is 0 Å². The molecule has 1 heterocycles. The molecule has 1 saturated heterocycles. The topological polar surface area (TPSA) is 35.6 Å². The highest BCUT2D eigenvalue weighted by Crippen LogP contribution is 2.29. The maximum Gasteiger partial charge on any atom is 0.238 e. The Kier molecular flexibility index (Phi) is 6.07. The maximum atomic E-state index is 12.3. The minimum Gasteiger partial charge on any atom is -0.368 e. The van der Waals surface area contributed by atoms with E-state index >= 15 is 0 Å². The Bertz CT molecular complexity index is 761. The second-order valence-electron chi connectivity index (χ2n) is 5.86. The van der Waals surface area contributed by atoms with Gasteiger partial charge in [-0.15, -0.1) is 0 Å². The van der Waals surface area contributed by atoms with Crippen molar-refractivity contribution in [3.63, 3.8) is 0 Å². The third kappa shape index (κ3) is 4.59. The van der Waals surface area contributed by atoms with Crippen LogP contribution < -0.4 is 10.2 Å². The fraction of sp³-hybridized carbons (Fsp3) is 0.278. The standard InChI is InChI=1S/C18H18Cl3N3O/c19-13-4-1-2-7-16(13)24-10-8-23(9-11-24)12-17(25)22-15-6-3-5-14(20)18(15)21/h1-7H,8-12H2,(H,22,25). The van der Waals surface area contributed by atoms with E-state index in [1.807, 2.05) is 24.3 Å². The van der Waals surface area contributed by atoms with Gasteiger partial charge in [-0.2, -0.15) is 0 Å². The van der Waals surface area contributed by atoms with Gasteiger partial charge in [-0.25, -0.2) is 0 Å². The molecular formula is C18H18Cl3N3O. The zero-order valence-electron chi connectivity index (χ0n) is 13.5. The lowest BCUT2D eigenvalue weighted by molar-refractivity contribution is -0.117. The quantitative estimate of drug-likeness (QED) is 0.829. The average Bonchev–Trinajstić information content (AvgIpc) is 2.60. The zero-order valence-corrected chi connectivity index (χ0v) is 15.8. The van der Waals surface area contributed by atoms with Crippen LogP contribution in [0.25, 0.3) is 0 Å². The number of halogens is 3. The molecule has 2 aromatic rings. The maximum absolute atomic E-state index is 12.3. The highest BCUT2D eigenvalue weighted by Gasteiger charge is 2.20. The number of carbonyl (C=O) groups is 1. The lowest BCUT2D eigenvalue weighted by atomic mass is 10.2. The van der Waals surface area contributed by atoms with Gasteiger partial charge in [0.2, 0.25) is 5.91 Å². The van der Waals surface area contributed by atoms with Crippen molar-refractivity contribution < 1.29 is 4.79 Å². The summed E-state index contributed by atoms with van der Waals surface area (Å²) in [7, 11) is 0. The van der Waals surface area contributed by atoms with Gasteiger partial charge in [-0.1, -0.05) is 53.0 Å². The molecule has 0 atom stereocenters. The molecular weight excluding hydrogens is 381 g/mol. The van der Waals surface area contributed by atoms with Gasteiger partial charge in [-0.3, -0.25) is 9.69 Å². The Morgan fingerprint density at radius 3 is 2.32 bits per heavy atom. The van der Waals surface area contributed by atoms with E-state index in [1.165, 1.54) is 0 Å². The first-order valence-electron chi connectivity index (χ1n) is 8.00. The lowest BCUT2D eigenvalue weighted by Gasteiger charge is -2.36. The molecule has 1 aliphatic heterocycles. The molecule has 2 aromatic carbocycles. The first kappa shape index (κ1) is 18.3. The van der Waals surface area contributed by atoms with Gasteiger partial charge in [0, 0.05) is 26.2 Å². The number of nitrogens with zero attached hydrogens (tertiary/aromatic N) is 2. The second kappa shape index (κ2) is 8.28. The van der Waals surface area contributed by atoms with Gasteiger partial charge in [0.1, 0.15) is 0 Å². The van der Waals surface area contributed by atoms with E-state index in [-0.39, 0.29) is 5.91 Å². The monoisotopic (exact) mass is 397 g/mol. The van der Waals surface area contributed by atoms with Gasteiger partial charge in [0.15, 0.2) is 0 Å². The van der Waals surface area contributed by atoms with Crippen molar-refractivity contribution in [1.29, 1.82) is 0 Å². The highest BCUT2D eigenvalue weighted by atomic mass is 35.5. The largest absolute Gasteiger partial charge is 0.368 e. The first-order valence-corrected chi connectivity index (χ1v) is 9.13. The van der Waals surface area contributed by atoms with Gasteiger partial charge >= 0.3 is 0 Å². The number of hydrogen-bond acceptors (Lipinski definition) is 3. The number of nitrogens with one attached hydrogen (secondary N) is 1. The molecule has 3 rings (SSSR count). The fourth-order valence-electron chi connectivity index (χ4n) is 2.85. The van der Waals surface area contributed by atoms with Crippen molar-refractivity contribution in [2.75, 3.05) is 42.9 Å². The van der Waals surface area contributed by atoms with Crippen LogP contribution >= 0.6 is 34.8 Å². The van der Waals surface area contributed by atoms with Crippen LogP contribution in [0.5, 0.6) is 0 Å². The Labute approximate surface area is 162 Å². The summed E-state index contributed by atoms with van der Waals surface area (Å²) in [5.74, 6) is -0.102. The smallest absolute Gasteiger partial charge is 0.238 e. The highest BCUT2D eigenvalue weighted by molar-refractivity contribution is 6.44. The van der Waals surface area contributed by atoms with E-state index in [9.17, 15) is 4.79 Å². The third-order valence-corrected chi connectivity index (χ3v) is 5.30. The number of hydrogen-bond donors (Lipinski definition) is 1. The van der Waals surface area contributed by atoms with Crippen molar-refractivity contribution in [2.24, 2.45) is 0 Å². The van der Waals surface area contributed by atoms with Crippen molar-refractivity contribution in [2.45, 2.75) is 0 Å². The molecule has 0 spiro atoms. The first-order chi connectivity index (χ1) is 12.0. The average molecular weight is 399 g/mol. The molecule has 0 radical (unpaired) electrons. The Morgan fingerprint density at radius 2 is 1.60 bits per heavy atom. The molecule has 0 saturated carbocycles. The van der Waals surface area contributed by atoms with Gasteiger partial charge in [-0.05, 0) is 24.3 Å². The van der Waals surface area contributed by atoms with Crippen LogP contribution in [0.3, 0.4) is 0 Å². The van der Waals surface area contributed by atoms with Crippen LogP contribution in [0.4, 0.5) is 11.4 Å². The Balaban J connectivity index is 1.53.